The summed E-state index contributed by atoms with van der Waals surface area (Å²) >= 11 is 7.62. The highest BCUT2D eigenvalue weighted by molar-refractivity contribution is 7.12. The van der Waals surface area contributed by atoms with Crippen molar-refractivity contribution in [2.75, 3.05) is 5.32 Å². The monoisotopic (exact) mass is 360 g/mol. The third kappa shape index (κ3) is 3.34. The highest BCUT2D eigenvalue weighted by atomic mass is 35.5. The van der Waals surface area contributed by atoms with E-state index in [-0.39, 0.29) is 12.3 Å². The van der Waals surface area contributed by atoms with Gasteiger partial charge in [-0.05, 0) is 32.9 Å². The molecule has 3 rings (SSSR count). The molecule has 7 heteroatoms. The van der Waals surface area contributed by atoms with Crippen molar-refractivity contribution in [3.8, 4) is 5.13 Å². The van der Waals surface area contributed by atoms with Gasteiger partial charge in [-0.25, -0.2) is 9.67 Å². The summed E-state index contributed by atoms with van der Waals surface area (Å²) < 4.78 is 1.80. The van der Waals surface area contributed by atoms with E-state index in [1.807, 2.05) is 38.3 Å². The van der Waals surface area contributed by atoms with Gasteiger partial charge in [0.25, 0.3) is 0 Å². The molecule has 0 atom stereocenters. The number of hydrogen-bond donors (Lipinski definition) is 1. The molecule has 0 unspecified atom stereocenters. The molecule has 124 valence electrons. The SMILES string of the molecule is Cc1csc(-n2nc(C)c(CC(=O)Nc3ccccc3Cl)c2C)n1. The van der Waals surface area contributed by atoms with Gasteiger partial charge in [0.15, 0.2) is 0 Å². The summed E-state index contributed by atoms with van der Waals surface area (Å²) in [7, 11) is 0. The summed E-state index contributed by atoms with van der Waals surface area (Å²) in [6, 6.07) is 7.19. The zero-order chi connectivity index (χ0) is 17.3. The fourth-order valence-corrected chi connectivity index (χ4v) is 3.46. The average Bonchev–Trinajstić information content (AvgIpc) is 3.08. The summed E-state index contributed by atoms with van der Waals surface area (Å²) in [5, 5.41) is 10.7. The summed E-state index contributed by atoms with van der Waals surface area (Å²) in [4.78, 5) is 16.8. The molecule has 3 aromatic rings. The lowest BCUT2D eigenvalue weighted by atomic mass is 10.1. The molecule has 0 aliphatic heterocycles. The number of aryl methyl sites for hydroxylation is 2. The van der Waals surface area contributed by atoms with Crippen LogP contribution in [0.15, 0.2) is 29.6 Å². The maximum atomic E-state index is 12.4. The number of thiazole rings is 1. The number of amides is 1. The van der Waals surface area contributed by atoms with Gasteiger partial charge in [0, 0.05) is 16.6 Å². The van der Waals surface area contributed by atoms with E-state index in [0.29, 0.717) is 10.7 Å². The Labute approximate surface area is 149 Å². The van der Waals surface area contributed by atoms with E-state index in [2.05, 4.69) is 15.4 Å². The third-order valence-corrected chi connectivity index (χ3v) is 4.98. The van der Waals surface area contributed by atoms with Crippen molar-refractivity contribution >= 4 is 34.5 Å². The number of benzene rings is 1. The first-order valence-corrected chi connectivity index (χ1v) is 8.73. The molecule has 0 saturated heterocycles. The van der Waals surface area contributed by atoms with Crippen LogP contribution in [0.4, 0.5) is 5.69 Å². The molecule has 0 spiro atoms. The molecule has 2 aromatic heterocycles. The predicted molar refractivity (Wildman–Crippen MR) is 97.2 cm³/mol. The molecule has 0 aliphatic rings. The van der Waals surface area contributed by atoms with Gasteiger partial charge in [0.1, 0.15) is 0 Å². The second kappa shape index (κ2) is 6.75. The quantitative estimate of drug-likeness (QED) is 0.762. The molecule has 1 N–H and O–H groups in total. The van der Waals surface area contributed by atoms with Gasteiger partial charge in [0.05, 0.1) is 28.5 Å². The number of carbonyl (C=O) groups is 1. The van der Waals surface area contributed by atoms with Crippen molar-refractivity contribution in [1.29, 1.82) is 0 Å². The Morgan fingerprint density at radius 2 is 2.04 bits per heavy atom. The van der Waals surface area contributed by atoms with Gasteiger partial charge in [-0.15, -0.1) is 11.3 Å². The van der Waals surface area contributed by atoms with Gasteiger partial charge in [-0.3, -0.25) is 4.79 Å². The molecule has 0 bridgehead atoms. The number of nitrogens with one attached hydrogen (secondary N) is 1. The first-order valence-electron chi connectivity index (χ1n) is 7.47. The van der Waals surface area contributed by atoms with E-state index in [9.17, 15) is 4.79 Å². The van der Waals surface area contributed by atoms with Crippen LogP contribution >= 0.6 is 22.9 Å². The van der Waals surface area contributed by atoms with Gasteiger partial charge < -0.3 is 5.32 Å². The molecule has 0 radical (unpaired) electrons. The molecule has 1 amide bonds. The Morgan fingerprint density at radius 3 is 2.71 bits per heavy atom. The Hall–Kier alpha value is -2.18. The van der Waals surface area contributed by atoms with Crippen LogP contribution in [0.2, 0.25) is 5.02 Å². The van der Waals surface area contributed by atoms with Gasteiger partial charge in [-0.2, -0.15) is 5.10 Å². The predicted octanol–water partition coefficient (Wildman–Crippen LogP) is 4.09. The third-order valence-electron chi connectivity index (χ3n) is 3.71. The van der Waals surface area contributed by atoms with E-state index in [0.717, 1.165) is 27.8 Å². The maximum Gasteiger partial charge on any atom is 0.228 e. The fraction of sp³-hybridized carbons (Fsp3) is 0.235. The van der Waals surface area contributed by atoms with Gasteiger partial charge in [-0.1, -0.05) is 23.7 Å². The minimum atomic E-state index is -0.121. The number of halogens is 1. The summed E-state index contributed by atoms with van der Waals surface area (Å²) in [5.74, 6) is -0.121. The van der Waals surface area contributed by atoms with Crippen LogP contribution in [0.5, 0.6) is 0 Å². The first kappa shape index (κ1) is 16.7. The number of aromatic nitrogens is 3. The number of rotatable bonds is 4. The largest absolute Gasteiger partial charge is 0.324 e. The summed E-state index contributed by atoms with van der Waals surface area (Å²) in [6.45, 7) is 5.81. The lowest BCUT2D eigenvalue weighted by Gasteiger charge is -2.07. The molecule has 1 aromatic carbocycles. The van der Waals surface area contributed by atoms with Crippen LogP contribution in [-0.4, -0.2) is 20.7 Å². The normalized spacial score (nSPS) is 10.8. The highest BCUT2D eigenvalue weighted by Gasteiger charge is 2.17. The molecule has 0 saturated carbocycles. The lowest BCUT2D eigenvalue weighted by molar-refractivity contribution is -0.115. The van der Waals surface area contributed by atoms with Crippen LogP contribution in [-0.2, 0) is 11.2 Å². The summed E-state index contributed by atoms with van der Waals surface area (Å²) in [6.07, 6.45) is 0.243. The van der Waals surface area contributed by atoms with Crippen molar-refractivity contribution in [2.45, 2.75) is 27.2 Å². The van der Waals surface area contributed by atoms with Crippen LogP contribution in [0.3, 0.4) is 0 Å². The lowest BCUT2D eigenvalue weighted by Crippen LogP contribution is -2.15. The van der Waals surface area contributed by atoms with E-state index in [1.54, 1.807) is 16.8 Å². The number of hydrogen-bond acceptors (Lipinski definition) is 4. The standard InChI is InChI=1S/C17H17ClN4OS/c1-10-9-24-17(19-10)22-12(3)13(11(2)21-22)8-16(23)20-15-7-5-4-6-14(15)18/h4-7,9H,8H2,1-3H3,(H,20,23). The van der Waals surface area contributed by atoms with Crippen LogP contribution < -0.4 is 5.32 Å². The number of anilines is 1. The number of carbonyl (C=O) groups excluding carboxylic acids is 1. The second-order valence-corrected chi connectivity index (χ2v) is 6.78. The van der Waals surface area contributed by atoms with Gasteiger partial charge in [0.2, 0.25) is 11.0 Å². The second-order valence-electron chi connectivity index (χ2n) is 5.54. The van der Waals surface area contributed by atoms with E-state index >= 15 is 0 Å². The molecule has 2 heterocycles. The Morgan fingerprint density at radius 1 is 1.29 bits per heavy atom. The van der Waals surface area contributed by atoms with Crippen molar-refractivity contribution in [2.24, 2.45) is 0 Å². The first-order chi connectivity index (χ1) is 11.5. The van der Waals surface area contributed by atoms with Crippen molar-refractivity contribution < 1.29 is 4.79 Å². The van der Waals surface area contributed by atoms with Gasteiger partial charge >= 0.3 is 0 Å². The Kier molecular flexibility index (Phi) is 4.69. The minimum Gasteiger partial charge on any atom is -0.324 e. The van der Waals surface area contributed by atoms with E-state index < -0.39 is 0 Å². The van der Waals surface area contributed by atoms with E-state index in [4.69, 9.17) is 11.6 Å². The minimum absolute atomic E-state index is 0.121. The zero-order valence-electron chi connectivity index (χ0n) is 13.6. The maximum absolute atomic E-state index is 12.4. The van der Waals surface area contributed by atoms with Crippen molar-refractivity contribution in [3.05, 3.63) is 57.3 Å². The molecule has 0 fully saturated rings. The van der Waals surface area contributed by atoms with Crippen molar-refractivity contribution in [3.63, 3.8) is 0 Å². The average molecular weight is 361 g/mol. The molecule has 5 nitrogen and oxygen atoms in total. The Bertz CT molecular complexity index is 900. The van der Waals surface area contributed by atoms with Crippen LogP contribution in [0, 0.1) is 20.8 Å². The number of para-hydroxylation sites is 1. The molecular formula is C17H17ClN4OS. The van der Waals surface area contributed by atoms with Crippen LogP contribution in [0.1, 0.15) is 22.6 Å². The molecular weight excluding hydrogens is 344 g/mol. The number of nitrogens with zero attached hydrogens (tertiary/aromatic N) is 3. The topological polar surface area (TPSA) is 59.8 Å². The fourth-order valence-electron chi connectivity index (χ4n) is 2.47. The zero-order valence-corrected chi connectivity index (χ0v) is 15.2. The van der Waals surface area contributed by atoms with Crippen LogP contribution in [0.25, 0.3) is 5.13 Å². The summed E-state index contributed by atoms with van der Waals surface area (Å²) in [5.41, 5.74) is 4.24. The highest BCUT2D eigenvalue weighted by Crippen LogP contribution is 2.23. The van der Waals surface area contributed by atoms with Crippen molar-refractivity contribution in [1.82, 2.24) is 14.8 Å². The molecule has 0 aliphatic carbocycles. The smallest absolute Gasteiger partial charge is 0.228 e. The molecule has 24 heavy (non-hydrogen) atoms. The van der Waals surface area contributed by atoms with E-state index in [1.165, 1.54) is 11.3 Å². The Balaban J connectivity index is 1.82.